The lowest BCUT2D eigenvalue weighted by atomic mass is 10.1. The van der Waals surface area contributed by atoms with Gasteiger partial charge in [-0.05, 0) is 43.3 Å². The minimum atomic E-state index is -1.31. The van der Waals surface area contributed by atoms with E-state index in [2.05, 4.69) is 28.6 Å². The first kappa shape index (κ1) is 30.4. The molecule has 32 heavy (non-hydrogen) atoms. The van der Waals surface area contributed by atoms with Crippen molar-refractivity contribution in [2.75, 3.05) is 29.8 Å². The van der Waals surface area contributed by atoms with Crippen LogP contribution in [0.4, 0.5) is 0 Å². The number of carboxylic acid groups (broad SMARTS) is 2. The van der Waals surface area contributed by atoms with Gasteiger partial charge in [0.15, 0.2) is 0 Å². The van der Waals surface area contributed by atoms with Crippen molar-refractivity contribution < 1.29 is 34.2 Å². The molecule has 0 radical (unpaired) electrons. The summed E-state index contributed by atoms with van der Waals surface area (Å²) in [7, 11) is 0. The van der Waals surface area contributed by atoms with E-state index >= 15 is 0 Å². The van der Waals surface area contributed by atoms with Crippen LogP contribution in [0, 0.1) is 0 Å². The fourth-order valence-corrected chi connectivity index (χ4v) is 3.64. The minimum Gasteiger partial charge on any atom is -0.481 e. The van der Waals surface area contributed by atoms with E-state index in [1.807, 2.05) is 6.26 Å². The highest BCUT2D eigenvalue weighted by molar-refractivity contribution is 7.98. The predicted octanol–water partition coefficient (Wildman–Crippen LogP) is -0.846. The summed E-state index contributed by atoms with van der Waals surface area (Å²) in [5.41, 5.74) is 5.79. The van der Waals surface area contributed by atoms with E-state index in [1.54, 1.807) is 6.26 Å². The average molecular weight is 513 g/mol. The van der Waals surface area contributed by atoms with E-state index in [9.17, 15) is 29.1 Å². The molecule has 0 saturated heterocycles. The maximum absolute atomic E-state index is 12.6. The van der Waals surface area contributed by atoms with Gasteiger partial charge in [-0.1, -0.05) is 0 Å². The molecule has 184 valence electrons. The number of amides is 3. The van der Waals surface area contributed by atoms with Crippen LogP contribution in [0.15, 0.2) is 0 Å². The molecule has 4 atom stereocenters. The number of carbonyl (C=O) groups is 5. The van der Waals surface area contributed by atoms with Crippen LogP contribution < -0.4 is 21.7 Å². The molecule has 0 aliphatic rings. The van der Waals surface area contributed by atoms with Gasteiger partial charge in [-0.2, -0.15) is 36.2 Å². The maximum atomic E-state index is 12.6. The topological polar surface area (TPSA) is 188 Å². The molecule has 0 aliphatic heterocycles. The van der Waals surface area contributed by atoms with Gasteiger partial charge in [0.1, 0.15) is 18.1 Å². The van der Waals surface area contributed by atoms with Gasteiger partial charge in [-0.3, -0.25) is 19.2 Å². The molecule has 0 fully saturated rings. The molecule has 14 heteroatoms. The van der Waals surface area contributed by atoms with Gasteiger partial charge in [-0.25, -0.2) is 4.79 Å². The third kappa shape index (κ3) is 12.4. The molecule has 0 aromatic carbocycles. The van der Waals surface area contributed by atoms with E-state index in [0.717, 1.165) is 0 Å². The fourth-order valence-electron chi connectivity index (χ4n) is 2.42. The van der Waals surface area contributed by atoms with E-state index < -0.39 is 60.2 Å². The first-order chi connectivity index (χ1) is 15.1. The van der Waals surface area contributed by atoms with Crippen molar-refractivity contribution in [1.29, 1.82) is 0 Å². The van der Waals surface area contributed by atoms with Crippen LogP contribution in [0.2, 0.25) is 0 Å². The van der Waals surface area contributed by atoms with Crippen LogP contribution in [0.25, 0.3) is 0 Å². The fraction of sp³-hybridized carbons (Fsp3) is 0.722. The molecular weight excluding hydrogens is 480 g/mol. The van der Waals surface area contributed by atoms with E-state index in [1.165, 1.54) is 23.5 Å². The number of carboxylic acids is 2. The van der Waals surface area contributed by atoms with Gasteiger partial charge in [0, 0.05) is 12.2 Å². The molecule has 0 aliphatic carbocycles. The van der Waals surface area contributed by atoms with E-state index in [0.29, 0.717) is 17.9 Å². The lowest BCUT2D eigenvalue weighted by Crippen LogP contribution is -2.57. The predicted molar refractivity (Wildman–Crippen MR) is 128 cm³/mol. The zero-order valence-electron chi connectivity index (χ0n) is 18.0. The average Bonchev–Trinajstić information content (AvgIpc) is 2.74. The van der Waals surface area contributed by atoms with Crippen LogP contribution in [0.1, 0.15) is 25.7 Å². The Morgan fingerprint density at radius 3 is 1.81 bits per heavy atom. The van der Waals surface area contributed by atoms with Gasteiger partial charge in [-0.15, -0.1) is 0 Å². The van der Waals surface area contributed by atoms with Crippen LogP contribution in [0.5, 0.6) is 0 Å². The Bertz CT molecular complexity index is 654. The molecule has 0 rings (SSSR count). The summed E-state index contributed by atoms with van der Waals surface area (Å²) in [6.07, 6.45) is 3.53. The normalized spacial score (nSPS) is 14.5. The second kappa shape index (κ2) is 16.9. The lowest BCUT2D eigenvalue weighted by molar-refractivity contribution is -0.143. The minimum absolute atomic E-state index is 0.0917. The maximum Gasteiger partial charge on any atom is 0.326 e. The second-order valence-corrected chi connectivity index (χ2v) is 9.14. The first-order valence-electron chi connectivity index (χ1n) is 9.77. The number of nitrogens with two attached hydrogens (primary N) is 1. The molecule has 0 spiro atoms. The number of thiol groups is 1. The molecule has 0 aromatic heterocycles. The van der Waals surface area contributed by atoms with Crippen molar-refractivity contribution in [1.82, 2.24) is 16.0 Å². The SMILES string of the molecule is CSCCC(N)C(=O)NC(CS)C(=O)NC(CCC(=O)O)C(=O)NC(CCSC)C(=O)O. The number of hydrogen-bond acceptors (Lipinski definition) is 9. The van der Waals surface area contributed by atoms with Crippen molar-refractivity contribution >= 4 is 65.8 Å². The van der Waals surface area contributed by atoms with Gasteiger partial charge in [0.05, 0.1) is 6.04 Å². The van der Waals surface area contributed by atoms with Gasteiger partial charge >= 0.3 is 11.9 Å². The van der Waals surface area contributed by atoms with Crippen LogP contribution in [-0.2, 0) is 24.0 Å². The van der Waals surface area contributed by atoms with Crippen LogP contribution in [-0.4, -0.2) is 93.8 Å². The Balaban J connectivity index is 5.24. The molecule has 11 nitrogen and oxygen atoms in total. The monoisotopic (exact) mass is 512 g/mol. The Labute approximate surface area is 201 Å². The highest BCUT2D eigenvalue weighted by Crippen LogP contribution is 2.05. The largest absolute Gasteiger partial charge is 0.481 e. The van der Waals surface area contributed by atoms with Gasteiger partial charge < -0.3 is 31.9 Å². The standard InChI is InChI=1S/C18H32N4O7S3/c1-31-7-5-10(19)15(25)22-13(9-30)17(27)20-11(3-4-14(23)24)16(26)21-12(18(28)29)6-8-32-2/h10-13,30H,3-9,19H2,1-2H3,(H,20,27)(H,21,26)(H,22,25)(H,23,24)(H,28,29). The smallest absolute Gasteiger partial charge is 0.326 e. The Hall–Kier alpha value is -1.64. The molecule has 0 heterocycles. The number of nitrogens with one attached hydrogen (secondary N) is 3. The Morgan fingerprint density at radius 1 is 0.812 bits per heavy atom. The molecule has 0 aromatic rings. The van der Waals surface area contributed by atoms with E-state index in [-0.39, 0.29) is 18.6 Å². The third-order valence-electron chi connectivity index (χ3n) is 4.29. The van der Waals surface area contributed by atoms with Crippen molar-refractivity contribution in [3.63, 3.8) is 0 Å². The summed E-state index contributed by atoms with van der Waals surface area (Å²) in [6.45, 7) is 0. The quantitative estimate of drug-likeness (QED) is 0.121. The zero-order valence-corrected chi connectivity index (χ0v) is 20.6. The summed E-state index contributed by atoms with van der Waals surface area (Å²) in [4.78, 5) is 59.8. The number of thioether (sulfide) groups is 2. The number of rotatable bonds is 17. The zero-order chi connectivity index (χ0) is 24.7. The molecule has 0 bridgehead atoms. The summed E-state index contributed by atoms with van der Waals surface area (Å²) in [6, 6.07) is -4.43. The van der Waals surface area contributed by atoms with Crippen LogP contribution >= 0.6 is 36.2 Å². The highest BCUT2D eigenvalue weighted by Gasteiger charge is 2.30. The highest BCUT2D eigenvalue weighted by atomic mass is 32.2. The lowest BCUT2D eigenvalue weighted by Gasteiger charge is -2.24. The Kier molecular flexibility index (Phi) is 16.1. The molecule has 0 saturated carbocycles. The Morgan fingerprint density at radius 2 is 1.31 bits per heavy atom. The molecule has 3 amide bonds. The van der Waals surface area contributed by atoms with Crippen LogP contribution in [0.3, 0.4) is 0 Å². The van der Waals surface area contributed by atoms with Crippen molar-refractivity contribution in [3.8, 4) is 0 Å². The molecular formula is C18H32N4O7S3. The summed E-state index contributed by atoms with van der Waals surface area (Å²) < 4.78 is 0. The number of carbonyl (C=O) groups excluding carboxylic acids is 3. The summed E-state index contributed by atoms with van der Waals surface area (Å²) in [5, 5.41) is 25.4. The summed E-state index contributed by atoms with van der Waals surface area (Å²) >= 11 is 6.98. The molecule has 4 unspecified atom stereocenters. The second-order valence-electron chi connectivity index (χ2n) is 6.81. The molecule has 7 N–H and O–H groups in total. The number of aliphatic carboxylic acids is 2. The van der Waals surface area contributed by atoms with Gasteiger partial charge in [0.25, 0.3) is 0 Å². The van der Waals surface area contributed by atoms with Crippen molar-refractivity contribution in [2.45, 2.75) is 49.9 Å². The third-order valence-corrected chi connectivity index (χ3v) is 5.94. The summed E-state index contributed by atoms with van der Waals surface area (Å²) in [5.74, 6) is -3.52. The van der Waals surface area contributed by atoms with E-state index in [4.69, 9.17) is 10.8 Å². The first-order valence-corrected chi connectivity index (χ1v) is 13.2. The number of hydrogen-bond donors (Lipinski definition) is 7. The van der Waals surface area contributed by atoms with Crippen molar-refractivity contribution in [2.24, 2.45) is 5.73 Å². The van der Waals surface area contributed by atoms with Gasteiger partial charge in [0.2, 0.25) is 17.7 Å². The van der Waals surface area contributed by atoms with Crippen molar-refractivity contribution in [3.05, 3.63) is 0 Å².